The second-order valence-corrected chi connectivity index (χ2v) is 6.49. The maximum Gasteiger partial charge on any atom is 0.331 e. The highest BCUT2D eigenvalue weighted by Gasteiger charge is 2.27. The number of rotatable bonds is 7. The smallest absolute Gasteiger partial charge is 0.331 e. The molecule has 0 saturated heterocycles. The van der Waals surface area contributed by atoms with Gasteiger partial charge < -0.3 is 19.5 Å². The van der Waals surface area contributed by atoms with Crippen LogP contribution in [0.15, 0.2) is 42.5 Å². The van der Waals surface area contributed by atoms with Gasteiger partial charge in [-0.15, -0.1) is 0 Å². The Kier molecular flexibility index (Phi) is 5.97. The van der Waals surface area contributed by atoms with E-state index in [1.54, 1.807) is 50.4 Å². The summed E-state index contributed by atoms with van der Waals surface area (Å²) in [6, 6.07) is 10.1. The van der Waals surface area contributed by atoms with E-state index in [-0.39, 0.29) is 17.6 Å². The van der Waals surface area contributed by atoms with Crippen LogP contribution in [-0.2, 0) is 14.3 Å². The van der Waals surface area contributed by atoms with E-state index in [0.29, 0.717) is 28.3 Å². The quantitative estimate of drug-likeness (QED) is 0.440. The SMILES string of the molecule is COc1ccc(OC)c(/C=C/C(=O)OCC(=O)c2ccc3c(c2)[C@@H](C)C(=O)N3)c1. The van der Waals surface area contributed by atoms with Gasteiger partial charge in [0, 0.05) is 22.9 Å². The Bertz CT molecular complexity index is 995. The number of carbonyl (C=O) groups is 3. The van der Waals surface area contributed by atoms with Gasteiger partial charge >= 0.3 is 5.97 Å². The van der Waals surface area contributed by atoms with Crippen LogP contribution in [0.2, 0.25) is 0 Å². The zero-order valence-corrected chi connectivity index (χ0v) is 16.4. The summed E-state index contributed by atoms with van der Waals surface area (Å²) in [5.74, 6) is -0.237. The molecule has 1 aliphatic heterocycles. The molecule has 7 heteroatoms. The summed E-state index contributed by atoms with van der Waals surface area (Å²) in [5, 5.41) is 2.75. The van der Waals surface area contributed by atoms with Gasteiger partial charge in [0.2, 0.25) is 5.91 Å². The standard InChI is InChI=1S/C22H21NO6/c1-13-17-11-14(4-7-18(17)23-22(13)26)19(24)12-29-21(25)9-5-15-10-16(27-2)6-8-20(15)28-3/h4-11,13H,12H2,1-3H3,(H,23,26)/b9-5+/t13-/m1/s1. The molecule has 0 bridgehead atoms. The van der Waals surface area contributed by atoms with Crippen LogP contribution in [0.4, 0.5) is 5.69 Å². The van der Waals surface area contributed by atoms with Crippen LogP contribution in [0.25, 0.3) is 6.08 Å². The molecule has 0 unspecified atom stereocenters. The van der Waals surface area contributed by atoms with Gasteiger partial charge in [0.15, 0.2) is 12.4 Å². The number of ether oxygens (including phenoxy) is 3. The number of hydrogen-bond acceptors (Lipinski definition) is 6. The Morgan fingerprint density at radius 3 is 2.62 bits per heavy atom. The Morgan fingerprint density at radius 1 is 1.10 bits per heavy atom. The largest absolute Gasteiger partial charge is 0.497 e. The van der Waals surface area contributed by atoms with Crippen molar-refractivity contribution >= 4 is 29.4 Å². The summed E-state index contributed by atoms with van der Waals surface area (Å²) in [4.78, 5) is 36.1. The zero-order chi connectivity index (χ0) is 21.0. The lowest BCUT2D eigenvalue weighted by molar-refractivity contribution is -0.136. The Hall–Kier alpha value is -3.61. The number of carbonyl (C=O) groups excluding carboxylic acids is 3. The van der Waals surface area contributed by atoms with Gasteiger partial charge in [0.05, 0.1) is 20.1 Å². The van der Waals surface area contributed by atoms with Gasteiger partial charge in [-0.05, 0) is 55.0 Å². The number of hydrogen-bond donors (Lipinski definition) is 1. The molecule has 7 nitrogen and oxygen atoms in total. The topological polar surface area (TPSA) is 90.9 Å². The summed E-state index contributed by atoms with van der Waals surface area (Å²) >= 11 is 0. The minimum atomic E-state index is -0.658. The lowest BCUT2D eigenvalue weighted by Crippen LogP contribution is -2.13. The Morgan fingerprint density at radius 2 is 1.90 bits per heavy atom. The lowest BCUT2D eigenvalue weighted by Gasteiger charge is -2.07. The first-order valence-corrected chi connectivity index (χ1v) is 8.97. The molecule has 0 saturated carbocycles. The molecule has 2 aromatic carbocycles. The average molecular weight is 395 g/mol. The minimum Gasteiger partial charge on any atom is -0.497 e. The molecule has 1 N–H and O–H groups in total. The summed E-state index contributed by atoms with van der Waals surface area (Å²) in [6.45, 7) is 1.38. The van der Waals surface area contributed by atoms with E-state index in [0.717, 1.165) is 5.56 Å². The van der Waals surface area contributed by atoms with Crippen molar-refractivity contribution in [1.29, 1.82) is 0 Å². The molecule has 0 aliphatic carbocycles. The monoisotopic (exact) mass is 395 g/mol. The number of ketones is 1. The average Bonchev–Trinajstić information content (AvgIpc) is 3.03. The molecule has 1 aliphatic rings. The lowest BCUT2D eigenvalue weighted by atomic mass is 9.99. The fraction of sp³-hybridized carbons (Fsp3) is 0.227. The minimum absolute atomic E-state index is 0.103. The van der Waals surface area contributed by atoms with Gasteiger partial charge in [-0.2, -0.15) is 0 Å². The molecule has 0 aromatic heterocycles. The molecule has 1 heterocycles. The fourth-order valence-corrected chi connectivity index (χ4v) is 2.99. The van der Waals surface area contributed by atoms with Crippen molar-refractivity contribution in [3.8, 4) is 11.5 Å². The van der Waals surface area contributed by atoms with Crippen LogP contribution in [-0.4, -0.2) is 38.5 Å². The van der Waals surface area contributed by atoms with Gasteiger partial charge in [-0.3, -0.25) is 9.59 Å². The number of Topliss-reactive ketones (excluding diaryl/α,β-unsaturated/α-hetero) is 1. The van der Waals surface area contributed by atoms with E-state index < -0.39 is 12.6 Å². The van der Waals surface area contributed by atoms with Gasteiger partial charge in [0.25, 0.3) is 0 Å². The van der Waals surface area contributed by atoms with E-state index in [9.17, 15) is 14.4 Å². The van der Waals surface area contributed by atoms with Crippen LogP contribution in [0, 0.1) is 0 Å². The van der Waals surface area contributed by atoms with Crippen molar-refractivity contribution < 1.29 is 28.6 Å². The maximum atomic E-state index is 12.4. The molecule has 1 amide bonds. The molecule has 0 fully saturated rings. The van der Waals surface area contributed by atoms with Crippen molar-refractivity contribution in [2.75, 3.05) is 26.1 Å². The van der Waals surface area contributed by atoms with Crippen molar-refractivity contribution in [2.45, 2.75) is 12.8 Å². The van der Waals surface area contributed by atoms with Gasteiger partial charge in [-0.1, -0.05) is 0 Å². The van der Waals surface area contributed by atoms with E-state index in [4.69, 9.17) is 14.2 Å². The first-order chi connectivity index (χ1) is 13.9. The number of esters is 1. The van der Waals surface area contributed by atoms with Crippen molar-refractivity contribution in [2.24, 2.45) is 0 Å². The summed E-state index contributed by atoms with van der Waals surface area (Å²) in [7, 11) is 3.07. The third-order valence-corrected chi connectivity index (χ3v) is 4.67. The van der Waals surface area contributed by atoms with E-state index in [1.807, 2.05) is 0 Å². The second kappa shape index (κ2) is 8.60. The first-order valence-electron chi connectivity index (χ1n) is 8.97. The van der Waals surface area contributed by atoms with Crippen molar-refractivity contribution in [3.63, 3.8) is 0 Å². The molecule has 3 rings (SSSR count). The Balaban J connectivity index is 1.62. The number of fused-ring (bicyclic) bond motifs is 1. The zero-order valence-electron chi connectivity index (χ0n) is 16.4. The third-order valence-electron chi connectivity index (χ3n) is 4.67. The molecule has 0 spiro atoms. The highest BCUT2D eigenvalue weighted by molar-refractivity contribution is 6.05. The van der Waals surface area contributed by atoms with Crippen LogP contribution in [0.1, 0.15) is 34.3 Å². The summed E-state index contributed by atoms with van der Waals surface area (Å²) < 4.78 is 15.5. The van der Waals surface area contributed by atoms with E-state index in [2.05, 4.69) is 5.32 Å². The van der Waals surface area contributed by atoms with E-state index >= 15 is 0 Å². The molecule has 2 aromatic rings. The number of benzene rings is 2. The predicted octanol–water partition coefficient (Wildman–Crippen LogP) is 3.20. The van der Waals surface area contributed by atoms with Gasteiger partial charge in [-0.25, -0.2) is 4.79 Å². The fourth-order valence-electron chi connectivity index (χ4n) is 2.99. The molecule has 150 valence electrons. The Labute approximate surface area is 168 Å². The number of anilines is 1. The molecule has 29 heavy (non-hydrogen) atoms. The van der Waals surface area contributed by atoms with Crippen LogP contribution >= 0.6 is 0 Å². The predicted molar refractivity (Wildman–Crippen MR) is 107 cm³/mol. The third kappa shape index (κ3) is 4.45. The number of amides is 1. The first kappa shape index (κ1) is 20.1. The van der Waals surface area contributed by atoms with Gasteiger partial charge in [0.1, 0.15) is 11.5 Å². The highest BCUT2D eigenvalue weighted by Crippen LogP contribution is 2.32. The highest BCUT2D eigenvalue weighted by atomic mass is 16.5. The summed E-state index contributed by atoms with van der Waals surface area (Å²) in [6.07, 6.45) is 2.75. The molecular formula is C22H21NO6. The number of nitrogens with one attached hydrogen (secondary N) is 1. The second-order valence-electron chi connectivity index (χ2n) is 6.49. The molecule has 1 atom stereocenters. The van der Waals surface area contributed by atoms with Crippen LogP contribution < -0.4 is 14.8 Å². The van der Waals surface area contributed by atoms with E-state index in [1.165, 1.54) is 19.3 Å². The normalized spacial score (nSPS) is 15.0. The van der Waals surface area contributed by atoms with Crippen molar-refractivity contribution in [3.05, 3.63) is 59.2 Å². The number of methoxy groups -OCH3 is 2. The summed E-state index contributed by atoms with van der Waals surface area (Å²) in [5.41, 5.74) is 2.49. The molecule has 0 radical (unpaired) electrons. The van der Waals surface area contributed by atoms with Crippen LogP contribution in [0.3, 0.4) is 0 Å². The maximum absolute atomic E-state index is 12.4. The molecular weight excluding hydrogens is 374 g/mol. The van der Waals surface area contributed by atoms with Crippen LogP contribution in [0.5, 0.6) is 11.5 Å². The van der Waals surface area contributed by atoms with Crippen molar-refractivity contribution in [1.82, 2.24) is 0 Å².